The van der Waals surface area contributed by atoms with Crippen molar-refractivity contribution in [2.24, 2.45) is 0 Å². The number of nitrogens with zero attached hydrogens (tertiary/aromatic N) is 2. The highest BCUT2D eigenvalue weighted by molar-refractivity contribution is 5.92. The molecule has 0 saturated carbocycles. The molecule has 0 aliphatic rings. The summed E-state index contributed by atoms with van der Waals surface area (Å²) in [6.45, 7) is 3.70. The van der Waals surface area contributed by atoms with Crippen molar-refractivity contribution in [2.75, 3.05) is 32.1 Å². The van der Waals surface area contributed by atoms with Crippen LogP contribution in [0.1, 0.15) is 35.8 Å². The molecule has 1 N–H and O–H groups in total. The van der Waals surface area contributed by atoms with Crippen molar-refractivity contribution in [3.05, 3.63) is 53.9 Å². The van der Waals surface area contributed by atoms with Crippen LogP contribution in [0.4, 0.5) is 5.69 Å². The van der Waals surface area contributed by atoms with E-state index in [2.05, 4.69) is 22.1 Å². The van der Waals surface area contributed by atoms with Crippen molar-refractivity contribution in [1.29, 1.82) is 0 Å². The summed E-state index contributed by atoms with van der Waals surface area (Å²) in [5, 5.41) is 2.91. The first kappa shape index (κ1) is 18.8. The zero-order valence-electron chi connectivity index (χ0n) is 15.3. The fraction of sp³-hybridized carbons (Fsp3) is 0.400. The molecule has 0 aliphatic heterocycles. The number of anilines is 1. The van der Waals surface area contributed by atoms with Gasteiger partial charge in [0.25, 0.3) is 5.91 Å². The van der Waals surface area contributed by atoms with Gasteiger partial charge in [0, 0.05) is 20.1 Å². The normalized spacial score (nSPS) is 10.4. The predicted molar refractivity (Wildman–Crippen MR) is 101 cm³/mol. The van der Waals surface area contributed by atoms with Crippen LogP contribution in [0.5, 0.6) is 5.75 Å². The van der Waals surface area contributed by atoms with Crippen molar-refractivity contribution < 1.29 is 9.53 Å². The van der Waals surface area contributed by atoms with Crippen LogP contribution in [0.25, 0.3) is 0 Å². The second-order valence-electron chi connectivity index (χ2n) is 5.99. The lowest BCUT2D eigenvalue weighted by Crippen LogP contribution is -2.27. The summed E-state index contributed by atoms with van der Waals surface area (Å²) >= 11 is 0. The van der Waals surface area contributed by atoms with E-state index in [1.54, 1.807) is 19.4 Å². The van der Waals surface area contributed by atoms with Gasteiger partial charge in [0.2, 0.25) is 0 Å². The van der Waals surface area contributed by atoms with E-state index in [0.717, 1.165) is 36.4 Å². The van der Waals surface area contributed by atoms with Gasteiger partial charge in [-0.2, -0.15) is 0 Å². The number of unbranched alkanes of at least 4 members (excludes halogenated alkanes) is 1. The largest absolute Gasteiger partial charge is 0.496 e. The third kappa shape index (κ3) is 5.48. The Morgan fingerprint density at radius 2 is 2.04 bits per heavy atom. The number of para-hydroxylation sites is 1. The molecule has 1 amide bonds. The van der Waals surface area contributed by atoms with Crippen molar-refractivity contribution >= 4 is 11.6 Å². The minimum atomic E-state index is -0.155. The summed E-state index contributed by atoms with van der Waals surface area (Å²) in [7, 11) is 3.69. The second-order valence-corrected chi connectivity index (χ2v) is 5.99. The lowest BCUT2D eigenvalue weighted by Gasteiger charge is -2.18. The van der Waals surface area contributed by atoms with Crippen LogP contribution in [0.2, 0.25) is 0 Å². The van der Waals surface area contributed by atoms with Crippen LogP contribution in [-0.2, 0) is 6.42 Å². The minimum absolute atomic E-state index is 0.155. The Bertz CT molecular complexity index is 671. The number of amides is 1. The molecule has 0 radical (unpaired) electrons. The average molecular weight is 341 g/mol. The molecule has 1 heterocycles. The third-order valence-electron chi connectivity index (χ3n) is 4.14. The van der Waals surface area contributed by atoms with Gasteiger partial charge < -0.3 is 15.0 Å². The first-order valence-electron chi connectivity index (χ1n) is 8.73. The van der Waals surface area contributed by atoms with Crippen LogP contribution in [-0.4, -0.2) is 38.1 Å². The van der Waals surface area contributed by atoms with Crippen LogP contribution in [0.3, 0.4) is 0 Å². The summed E-state index contributed by atoms with van der Waals surface area (Å²) in [5.74, 6) is 0.687. The Labute approximate surface area is 150 Å². The molecule has 0 saturated heterocycles. The fourth-order valence-electron chi connectivity index (χ4n) is 2.58. The number of aromatic nitrogens is 1. The number of hydrogen-bond donors (Lipinski definition) is 1. The quantitative estimate of drug-likeness (QED) is 0.760. The van der Waals surface area contributed by atoms with Gasteiger partial charge in [-0.05, 0) is 36.6 Å². The molecule has 1 aromatic heterocycles. The summed E-state index contributed by atoms with van der Waals surface area (Å²) in [4.78, 5) is 18.7. The molecule has 0 aliphatic carbocycles. The number of carbonyl (C=O) groups is 1. The van der Waals surface area contributed by atoms with Gasteiger partial charge in [0.05, 0.1) is 19.0 Å². The molecule has 0 spiro atoms. The SMILES string of the molecule is CCCCN(C)c1ccc(C(=O)NCCc2ccccc2OC)nc1. The number of methoxy groups -OCH3 is 1. The number of ether oxygens (including phenoxy) is 1. The highest BCUT2D eigenvalue weighted by Gasteiger charge is 2.09. The predicted octanol–water partition coefficient (Wildman–Crippen LogP) is 3.30. The summed E-state index contributed by atoms with van der Waals surface area (Å²) in [5.41, 5.74) is 2.54. The Morgan fingerprint density at radius 3 is 2.72 bits per heavy atom. The van der Waals surface area contributed by atoms with Crippen molar-refractivity contribution in [3.63, 3.8) is 0 Å². The topological polar surface area (TPSA) is 54.5 Å². The van der Waals surface area contributed by atoms with Crippen LogP contribution in [0.15, 0.2) is 42.6 Å². The molecule has 0 bridgehead atoms. The zero-order valence-corrected chi connectivity index (χ0v) is 15.3. The van der Waals surface area contributed by atoms with Crippen molar-refractivity contribution in [1.82, 2.24) is 10.3 Å². The third-order valence-corrected chi connectivity index (χ3v) is 4.14. The monoisotopic (exact) mass is 341 g/mol. The number of benzene rings is 1. The Morgan fingerprint density at radius 1 is 1.24 bits per heavy atom. The standard InChI is InChI=1S/C20H27N3O2/c1-4-5-14-23(2)17-10-11-18(22-15-17)20(24)21-13-12-16-8-6-7-9-19(16)25-3/h6-11,15H,4-5,12-14H2,1-3H3,(H,21,24). The molecular weight excluding hydrogens is 314 g/mol. The van der Waals surface area contributed by atoms with Crippen molar-refractivity contribution in [3.8, 4) is 5.75 Å². The van der Waals surface area contributed by atoms with Gasteiger partial charge in [0.15, 0.2) is 0 Å². The molecule has 5 heteroatoms. The molecule has 134 valence electrons. The van der Waals surface area contributed by atoms with Gasteiger partial charge >= 0.3 is 0 Å². The van der Waals surface area contributed by atoms with Gasteiger partial charge in [-0.25, -0.2) is 4.98 Å². The highest BCUT2D eigenvalue weighted by Crippen LogP contribution is 2.17. The van der Waals surface area contributed by atoms with Crippen molar-refractivity contribution in [2.45, 2.75) is 26.2 Å². The molecule has 2 rings (SSSR count). The smallest absolute Gasteiger partial charge is 0.269 e. The summed E-state index contributed by atoms with van der Waals surface area (Å²) < 4.78 is 5.32. The Balaban J connectivity index is 1.86. The molecule has 2 aromatic rings. The lowest BCUT2D eigenvalue weighted by atomic mass is 10.1. The number of pyridine rings is 1. The number of carbonyl (C=O) groups excluding carboxylic acids is 1. The van der Waals surface area contributed by atoms with E-state index in [4.69, 9.17) is 4.74 Å². The average Bonchev–Trinajstić information content (AvgIpc) is 2.66. The van der Waals surface area contributed by atoms with Gasteiger partial charge in [-0.15, -0.1) is 0 Å². The maximum atomic E-state index is 12.2. The fourth-order valence-corrected chi connectivity index (χ4v) is 2.58. The molecular formula is C20H27N3O2. The first-order valence-corrected chi connectivity index (χ1v) is 8.73. The second kappa shape index (κ2) is 9.67. The van der Waals surface area contributed by atoms with E-state index in [0.29, 0.717) is 18.7 Å². The maximum Gasteiger partial charge on any atom is 0.269 e. The van der Waals surface area contributed by atoms with Gasteiger partial charge in [-0.3, -0.25) is 4.79 Å². The van der Waals surface area contributed by atoms with E-state index in [1.165, 1.54) is 0 Å². The summed E-state index contributed by atoms with van der Waals surface area (Å²) in [6.07, 6.45) is 4.77. The zero-order chi connectivity index (χ0) is 18.1. The van der Waals surface area contributed by atoms with E-state index in [1.807, 2.05) is 37.4 Å². The van der Waals surface area contributed by atoms with E-state index < -0.39 is 0 Å². The minimum Gasteiger partial charge on any atom is -0.496 e. The first-order chi connectivity index (χ1) is 12.2. The Kier molecular flexibility index (Phi) is 7.26. The molecule has 1 aromatic carbocycles. The molecule has 0 unspecified atom stereocenters. The highest BCUT2D eigenvalue weighted by atomic mass is 16.5. The molecule has 5 nitrogen and oxygen atoms in total. The summed E-state index contributed by atoms with van der Waals surface area (Å²) in [6, 6.07) is 11.5. The number of hydrogen-bond acceptors (Lipinski definition) is 4. The van der Waals surface area contributed by atoms with Gasteiger partial charge in [0.1, 0.15) is 11.4 Å². The van der Waals surface area contributed by atoms with E-state index in [-0.39, 0.29) is 5.91 Å². The molecule has 25 heavy (non-hydrogen) atoms. The van der Waals surface area contributed by atoms with E-state index in [9.17, 15) is 4.79 Å². The lowest BCUT2D eigenvalue weighted by molar-refractivity contribution is 0.0949. The maximum absolute atomic E-state index is 12.2. The van der Waals surface area contributed by atoms with E-state index >= 15 is 0 Å². The van der Waals surface area contributed by atoms with Crippen LogP contribution >= 0.6 is 0 Å². The number of rotatable bonds is 9. The number of nitrogens with one attached hydrogen (secondary N) is 1. The van der Waals surface area contributed by atoms with Crippen LogP contribution < -0.4 is 15.0 Å². The van der Waals surface area contributed by atoms with Gasteiger partial charge in [-0.1, -0.05) is 31.5 Å². The Hall–Kier alpha value is -2.56. The van der Waals surface area contributed by atoms with Crippen LogP contribution in [0, 0.1) is 0 Å². The molecule has 0 atom stereocenters. The molecule has 0 fully saturated rings.